The molecule has 2 aromatic rings. The molecule has 0 fully saturated rings. The molecule has 3 rings (SSSR count). The normalized spacial score (nSPS) is 18.3. The molecule has 0 radical (unpaired) electrons. The van der Waals surface area contributed by atoms with E-state index in [1.165, 1.54) is 0 Å². The number of esters is 1. The molecule has 1 atom stereocenters. The van der Waals surface area contributed by atoms with Crippen LogP contribution >= 0.6 is 0 Å². The maximum Gasteiger partial charge on any atom is 0.341 e. The number of carbonyl (C=O) groups excluding carboxylic acids is 2. The number of aryl methyl sites for hydroxylation is 1. The van der Waals surface area contributed by atoms with Crippen molar-refractivity contribution in [3.8, 4) is 12.3 Å². The van der Waals surface area contributed by atoms with E-state index in [4.69, 9.17) is 11.2 Å². The molecule has 0 bridgehead atoms. The molecule has 0 spiro atoms. The second-order valence-corrected chi connectivity index (χ2v) is 7.64. The Balaban J connectivity index is 2.17. The fourth-order valence-electron chi connectivity index (χ4n) is 3.04. The van der Waals surface area contributed by atoms with Crippen LogP contribution in [0, 0.1) is 19.3 Å². The molecule has 0 saturated heterocycles. The highest BCUT2D eigenvalue weighted by Gasteiger charge is 2.53. The summed E-state index contributed by atoms with van der Waals surface area (Å²) >= 11 is 0. The number of anilines is 1. The minimum Gasteiger partial charge on any atom is -0.421 e. The van der Waals surface area contributed by atoms with Crippen molar-refractivity contribution >= 4 is 17.6 Å². The van der Waals surface area contributed by atoms with E-state index < -0.39 is 23.1 Å². The smallest absolute Gasteiger partial charge is 0.341 e. The van der Waals surface area contributed by atoms with Crippen LogP contribution in [-0.2, 0) is 15.3 Å². The van der Waals surface area contributed by atoms with E-state index in [-0.39, 0.29) is 0 Å². The summed E-state index contributed by atoms with van der Waals surface area (Å²) in [5.41, 5.74) is 0.623. The molecule has 1 aliphatic rings. The number of carbonyl (C=O) groups is 2. The van der Waals surface area contributed by atoms with Crippen LogP contribution in [0.1, 0.15) is 47.8 Å². The topological polar surface area (TPSA) is 67.4 Å². The van der Waals surface area contributed by atoms with Gasteiger partial charge in [-0.05, 0) is 45.9 Å². The van der Waals surface area contributed by atoms with E-state index in [2.05, 4.69) is 16.6 Å². The SMILES string of the molecule is C#Cc1ccccc1NC1(C(=O)NC(C)(C)C)OC(=O)c2cc(C)ccc21. The Morgan fingerprint density at radius 2 is 1.89 bits per heavy atom. The molecular formula is C22H22N2O3. The van der Waals surface area contributed by atoms with Gasteiger partial charge in [0.2, 0.25) is 0 Å². The lowest BCUT2D eigenvalue weighted by atomic mass is 9.95. The molecule has 2 aromatic carbocycles. The zero-order chi connectivity index (χ0) is 19.8. The fourth-order valence-corrected chi connectivity index (χ4v) is 3.04. The number of rotatable bonds is 3. The van der Waals surface area contributed by atoms with Crippen LogP contribution < -0.4 is 10.6 Å². The quantitative estimate of drug-likeness (QED) is 0.649. The third kappa shape index (κ3) is 3.39. The molecule has 0 aromatic heterocycles. The van der Waals surface area contributed by atoms with E-state index in [0.717, 1.165) is 5.56 Å². The van der Waals surface area contributed by atoms with Gasteiger partial charge in [-0.3, -0.25) is 4.79 Å². The number of benzene rings is 2. The minimum absolute atomic E-state index is 0.366. The molecule has 27 heavy (non-hydrogen) atoms. The van der Waals surface area contributed by atoms with E-state index in [9.17, 15) is 9.59 Å². The minimum atomic E-state index is -1.69. The van der Waals surface area contributed by atoms with Gasteiger partial charge in [0.1, 0.15) is 0 Å². The largest absolute Gasteiger partial charge is 0.421 e. The van der Waals surface area contributed by atoms with Crippen molar-refractivity contribution in [2.45, 2.75) is 39.0 Å². The van der Waals surface area contributed by atoms with E-state index in [1.54, 1.807) is 36.4 Å². The molecule has 1 amide bonds. The van der Waals surface area contributed by atoms with Crippen LogP contribution in [0.5, 0.6) is 0 Å². The molecule has 1 unspecified atom stereocenters. The van der Waals surface area contributed by atoms with Crippen molar-refractivity contribution in [1.29, 1.82) is 0 Å². The van der Waals surface area contributed by atoms with Crippen LogP contribution in [0.4, 0.5) is 5.69 Å². The first-order chi connectivity index (χ1) is 12.7. The van der Waals surface area contributed by atoms with Gasteiger partial charge in [0, 0.05) is 16.7 Å². The van der Waals surface area contributed by atoms with Gasteiger partial charge in [0.25, 0.3) is 11.6 Å². The summed E-state index contributed by atoms with van der Waals surface area (Å²) in [6.07, 6.45) is 5.59. The van der Waals surface area contributed by atoms with Crippen molar-refractivity contribution in [1.82, 2.24) is 5.32 Å². The summed E-state index contributed by atoms with van der Waals surface area (Å²) in [5, 5.41) is 6.01. The van der Waals surface area contributed by atoms with Gasteiger partial charge >= 0.3 is 5.97 Å². The van der Waals surface area contributed by atoms with Crippen LogP contribution in [0.2, 0.25) is 0 Å². The molecule has 0 aliphatic carbocycles. The Morgan fingerprint density at radius 3 is 2.56 bits per heavy atom. The van der Waals surface area contributed by atoms with Crippen molar-refractivity contribution in [3.05, 3.63) is 64.7 Å². The first kappa shape index (κ1) is 18.5. The van der Waals surface area contributed by atoms with E-state index in [0.29, 0.717) is 22.4 Å². The van der Waals surface area contributed by atoms with E-state index >= 15 is 0 Å². The van der Waals surface area contributed by atoms with E-state index in [1.807, 2.05) is 33.8 Å². The fraction of sp³-hybridized carbons (Fsp3) is 0.273. The molecule has 1 heterocycles. The van der Waals surface area contributed by atoms with Gasteiger partial charge in [-0.25, -0.2) is 4.79 Å². The number of hydrogen-bond donors (Lipinski definition) is 2. The molecular weight excluding hydrogens is 340 g/mol. The van der Waals surface area contributed by atoms with Gasteiger partial charge < -0.3 is 15.4 Å². The second-order valence-electron chi connectivity index (χ2n) is 7.64. The lowest BCUT2D eigenvalue weighted by molar-refractivity contribution is -0.139. The standard InChI is InChI=1S/C22H22N2O3/c1-6-15-9-7-8-10-18(15)23-22(20(26)24-21(3,4)5)17-12-11-14(2)13-16(17)19(25)27-22/h1,7-13,23H,2-5H3,(H,24,26). The van der Waals surface area contributed by atoms with Crippen molar-refractivity contribution < 1.29 is 14.3 Å². The summed E-state index contributed by atoms with van der Waals surface area (Å²) < 4.78 is 5.65. The zero-order valence-corrected chi connectivity index (χ0v) is 15.8. The Kier molecular flexibility index (Phi) is 4.44. The maximum absolute atomic E-state index is 13.3. The molecule has 2 N–H and O–H groups in total. The van der Waals surface area contributed by atoms with Gasteiger partial charge in [-0.2, -0.15) is 0 Å². The summed E-state index contributed by atoms with van der Waals surface area (Å²) in [6.45, 7) is 7.46. The first-order valence-corrected chi connectivity index (χ1v) is 8.67. The van der Waals surface area contributed by atoms with Crippen LogP contribution in [0.15, 0.2) is 42.5 Å². The number of ether oxygens (including phenoxy) is 1. The second kappa shape index (κ2) is 6.48. The lowest BCUT2D eigenvalue weighted by Crippen LogP contribution is -2.55. The van der Waals surface area contributed by atoms with Crippen LogP contribution in [0.25, 0.3) is 0 Å². The molecule has 5 nitrogen and oxygen atoms in total. The van der Waals surface area contributed by atoms with Gasteiger partial charge in [0.05, 0.1) is 11.3 Å². The third-order valence-electron chi connectivity index (χ3n) is 4.22. The number of amides is 1. The number of nitrogens with one attached hydrogen (secondary N) is 2. The first-order valence-electron chi connectivity index (χ1n) is 8.67. The summed E-state index contributed by atoms with van der Waals surface area (Å²) in [7, 11) is 0. The molecule has 138 valence electrons. The van der Waals surface area contributed by atoms with Crippen molar-refractivity contribution in [3.63, 3.8) is 0 Å². The van der Waals surface area contributed by atoms with Gasteiger partial charge in [-0.1, -0.05) is 35.7 Å². The van der Waals surface area contributed by atoms with Crippen LogP contribution in [-0.4, -0.2) is 17.4 Å². The average Bonchev–Trinajstić information content (AvgIpc) is 2.86. The molecule has 1 aliphatic heterocycles. The molecule has 5 heteroatoms. The average molecular weight is 362 g/mol. The number of cyclic esters (lactones) is 1. The highest BCUT2D eigenvalue weighted by atomic mass is 16.6. The van der Waals surface area contributed by atoms with Gasteiger partial charge in [0.15, 0.2) is 0 Å². The maximum atomic E-state index is 13.3. The summed E-state index contributed by atoms with van der Waals surface area (Å²) in [6, 6.07) is 12.4. The predicted molar refractivity (Wildman–Crippen MR) is 104 cm³/mol. The summed E-state index contributed by atoms with van der Waals surface area (Å²) in [5.74, 6) is 1.57. The number of terminal acetylenes is 1. The third-order valence-corrected chi connectivity index (χ3v) is 4.22. The Hall–Kier alpha value is -3.26. The van der Waals surface area contributed by atoms with Gasteiger partial charge in [-0.15, -0.1) is 6.42 Å². The number of fused-ring (bicyclic) bond motifs is 1. The Morgan fingerprint density at radius 1 is 1.19 bits per heavy atom. The molecule has 0 saturated carbocycles. The lowest BCUT2D eigenvalue weighted by Gasteiger charge is -2.33. The highest BCUT2D eigenvalue weighted by molar-refractivity contribution is 6.03. The van der Waals surface area contributed by atoms with Crippen LogP contribution in [0.3, 0.4) is 0 Å². The Labute approximate surface area is 159 Å². The summed E-state index contributed by atoms with van der Waals surface area (Å²) in [4.78, 5) is 25.8. The monoisotopic (exact) mass is 362 g/mol. The zero-order valence-electron chi connectivity index (χ0n) is 15.8. The predicted octanol–water partition coefficient (Wildman–Crippen LogP) is 3.33. The highest BCUT2D eigenvalue weighted by Crippen LogP contribution is 2.39. The van der Waals surface area contributed by atoms with Crippen molar-refractivity contribution in [2.75, 3.05) is 5.32 Å². The Bertz CT molecular complexity index is 966. The number of para-hydroxylation sites is 1. The number of hydrogen-bond acceptors (Lipinski definition) is 4. The van der Waals surface area contributed by atoms with Crippen molar-refractivity contribution in [2.24, 2.45) is 0 Å².